The van der Waals surface area contributed by atoms with Crippen molar-refractivity contribution in [2.24, 2.45) is 0 Å². The van der Waals surface area contributed by atoms with Crippen molar-refractivity contribution in [1.82, 2.24) is 20.3 Å². The standard InChI is InChI=1S/C21H15N5O3/c1-28-13-5-6-14-15(10-13)19(16-4-2-3-7-23-16)17(11-22)26-20(14)21(27)25-12-18-24-8-9-29-18/h2-10H,12H2,1H3,(H,25,27). The number of carbonyl (C=O) groups is 1. The Morgan fingerprint density at radius 3 is 2.79 bits per heavy atom. The number of aromatic nitrogens is 3. The number of oxazole rings is 1. The highest BCUT2D eigenvalue weighted by Crippen LogP contribution is 2.33. The molecule has 0 aliphatic rings. The fourth-order valence-electron chi connectivity index (χ4n) is 3.02. The number of nitrogens with one attached hydrogen (secondary N) is 1. The van der Waals surface area contributed by atoms with Crippen molar-refractivity contribution < 1.29 is 13.9 Å². The van der Waals surface area contributed by atoms with Crippen LogP contribution >= 0.6 is 0 Å². The van der Waals surface area contributed by atoms with Crippen LogP contribution in [0.15, 0.2) is 59.5 Å². The molecular weight excluding hydrogens is 370 g/mol. The molecule has 1 N–H and O–H groups in total. The number of methoxy groups -OCH3 is 1. The number of pyridine rings is 2. The van der Waals surface area contributed by atoms with Crippen molar-refractivity contribution in [1.29, 1.82) is 5.26 Å². The van der Waals surface area contributed by atoms with Crippen LogP contribution in [0.5, 0.6) is 5.75 Å². The molecule has 4 rings (SSSR count). The van der Waals surface area contributed by atoms with Crippen molar-refractivity contribution in [3.05, 3.63) is 72.3 Å². The molecule has 0 spiro atoms. The first kappa shape index (κ1) is 18.1. The van der Waals surface area contributed by atoms with E-state index in [0.29, 0.717) is 33.7 Å². The van der Waals surface area contributed by atoms with E-state index in [1.807, 2.05) is 6.07 Å². The summed E-state index contributed by atoms with van der Waals surface area (Å²) in [5.74, 6) is 0.522. The first-order chi connectivity index (χ1) is 14.2. The summed E-state index contributed by atoms with van der Waals surface area (Å²) in [5, 5.41) is 13.7. The van der Waals surface area contributed by atoms with E-state index < -0.39 is 5.91 Å². The molecule has 8 heteroatoms. The number of nitriles is 1. The van der Waals surface area contributed by atoms with E-state index in [-0.39, 0.29) is 17.9 Å². The molecule has 0 fully saturated rings. The fraction of sp³-hybridized carbons (Fsp3) is 0.0952. The summed E-state index contributed by atoms with van der Waals surface area (Å²) in [7, 11) is 1.55. The predicted molar refractivity (Wildman–Crippen MR) is 104 cm³/mol. The summed E-state index contributed by atoms with van der Waals surface area (Å²) >= 11 is 0. The zero-order chi connectivity index (χ0) is 20.2. The van der Waals surface area contributed by atoms with Gasteiger partial charge in [-0.25, -0.2) is 9.97 Å². The second kappa shape index (κ2) is 7.78. The largest absolute Gasteiger partial charge is 0.497 e. The first-order valence-corrected chi connectivity index (χ1v) is 8.71. The Morgan fingerprint density at radius 1 is 1.21 bits per heavy atom. The maximum absolute atomic E-state index is 12.8. The van der Waals surface area contributed by atoms with Crippen LogP contribution in [0.1, 0.15) is 22.1 Å². The molecule has 0 saturated carbocycles. The van der Waals surface area contributed by atoms with Gasteiger partial charge in [0.2, 0.25) is 5.89 Å². The second-order valence-electron chi connectivity index (χ2n) is 6.03. The summed E-state index contributed by atoms with van der Waals surface area (Å²) in [6.45, 7) is 0.106. The number of hydrogen-bond acceptors (Lipinski definition) is 7. The van der Waals surface area contributed by atoms with Crippen LogP contribution in [0.4, 0.5) is 0 Å². The maximum Gasteiger partial charge on any atom is 0.271 e. The molecule has 142 valence electrons. The molecule has 0 saturated heterocycles. The van der Waals surface area contributed by atoms with Crippen molar-refractivity contribution in [3.8, 4) is 23.1 Å². The molecule has 1 aromatic carbocycles. The summed E-state index contributed by atoms with van der Waals surface area (Å²) in [6, 6.07) is 12.7. The van der Waals surface area contributed by atoms with Gasteiger partial charge in [-0.2, -0.15) is 5.26 Å². The van der Waals surface area contributed by atoms with Crippen LogP contribution < -0.4 is 10.1 Å². The van der Waals surface area contributed by atoms with E-state index in [1.54, 1.807) is 43.6 Å². The van der Waals surface area contributed by atoms with Gasteiger partial charge in [0.1, 0.15) is 23.8 Å². The van der Waals surface area contributed by atoms with Gasteiger partial charge < -0.3 is 14.5 Å². The molecule has 0 bridgehead atoms. The van der Waals surface area contributed by atoms with Crippen LogP contribution in [-0.2, 0) is 6.54 Å². The highest BCUT2D eigenvalue weighted by atomic mass is 16.5. The zero-order valence-electron chi connectivity index (χ0n) is 15.4. The molecule has 8 nitrogen and oxygen atoms in total. The molecule has 0 unspecified atom stereocenters. The summed E-state index contributed by atoms with van der Waals surface area (Å²) < 4.78 is 10.5. The molecule has 4 aromatic rings. The van der Waals surface area contributed by atoms with Gasteiger partial charge in [0.25, 0.3) is 5.91 Å². The van der Waals surface area contributed by atoms with Gasteiger partial charge in [0.15, 0.2) is 5.69 Å². The van der Waals surface area contributed by atoms with Gasteiger partial charge in [-0.1, -0.05) is 6.07 Å². The number of nitrogens with zero attached hydrogens (tertiary/aromatic N) is 4. The minimum absolute atomic E-state index is 0.103. The van der Waals surface area contributed by atoms with E-state index in [2.05, 4.69) is 26.3 Å². The van der Waals surface area contributed by atoms with Gasteiger partial charge in [0.05, 0.1) is 25.5 Å². The second-order valence-corrected chi connectivity index (χ2v) is 6.03. The van der Waals surface area contributed by atoms with Gasteiger partial charge in [-0.05, 0) is 30.3 Å². The van der Waals surface area contributed by atoms with Crippen LogP contribution in [0, 0.1) is 11.3 Å². The fourth-order valence-corrected chi connectivity index (χ4v) is 3.02. The number of amides is 1. The van der Waals surface area contributed by atoms with Crippen molar-refractivity contribution in [3.63, 3.8) is 0 Å². The topological polar surface area (TPSA) is 114 Å². The van der Waals surface area contributed by atoms with E-state index in [0.717, 1.165) is 0 Å². The molecule has 1 amide bonds. The normalized spacial score (nSPS) is 10.5. The smallest absolute Gasteiger partial charge is 0.271 e. The van der Waals surface area contributed by atoms with Gasteiger partial charge in [0, 0.05) is 22.5 Å². The third-order valence-electron chi connectivity index (χ3n) is 4.34. The minimum Gasteiger partial charge on any atom is -0.497 e. The molecule has 0 aliphatic carbocycles. The Labute approximate surface area is 165 Å². The Bertz CT molecular complexity index is 1210. The summed E-state index contributed by atoms with van der Waals surface area (Å²) in [4.78, 5) is 25.5. The Hall–Kier alpha value is -4.25. The van der Waals surface area contributed by atoms with Gasteiger partial charge in [-0.3, -0.25) is 9.78 Å². The molecule has 3 heterocycles. The minimum atomic E-state index is -0.442. The van der Waals surface area contributed by atoms with Crippen LogP contribution in [0.3, 0.4) is 0 Å². The van der Waals surface area contributed by atoms with Crippen LogP contribution in [-0.4, -0.2) is 28.0 Å². The number of benzene rings is 1. The number of hydrogen-bond donors (Lipinski definition) is 1. The molecule has 0 aliphatic heterocycles. The zero-order valence-corrected chi connectivity index (χ0v) is 15.4. The average Bonchev–Trinajstić information content (AvgIpc) is 3.30. The Morgan fingerprint density at radius 2 is 2.10 bits per heavy atom. The lowest BCUT2D eigenvalue weighted by Crippen LogP contribution is -2.24. The van der Waals surface area contributed by atoms with E-state index >= 15 is 0 Å². The highest BCUT2D eigenvalue weighted by molar-refractivity contribution is 6.10. The lowest BCUT2D eigenvalue weighted by atomic mass is 9.98. The number of rotatable bonds is 5. The Kier molecular flexibility index (Phi) is 4.86. The number of fused-ring (bicyclic) bond motifs is 1. The molecule has 29 heavy (non-hydrogen) atoms. The predicted octanol–water partition coefficient (Wildman–Crippen LogP) is 3.10. The number of ether oxygens (including phenoxy) is 1. The van der Waals surface area contributed by atoms with E-state index in [9.17, 15) is 10.1 Å². The molecule has 0 radical (unpaired) electrons. The highest BCUT2D eigenvalue weighted by Gasteiger charge is 2.21. The lowest BCUT2D eigenvalue weighted by molar-refractivity contribution is 0.0944. The summed E-state index contributed by atoms with van der Waals surface area (Å²) in [5.41, 5.74) is 1.36. The van der Waals surface area contributed by atoms with Crippen molar-refractivity contribution >= 4 is 16.7 Å². The maximum atomic E-state index is 12.8. The van der Waals surface area contributed by atoms with E-state index in [1.165, 1.54) is 12.5 Å². The van der Waals surface area contributed by atoms with Crippen molar-refractivity contribution in [2.75, 3.05) is 7.11 Å². The molecule has 0 atom stereocenters. The third kappa shape index (κ3) is 3.49. The van der Waals surface area contributed by atoms with E-state index in [4.69, 9.17) is 9.15 Å². The van der Waals surface area contributed by atoms with Crippen LogP contribution in [0.25, 0.3) is 22.0 Å². The number of carbonyl (C=O) groups excluding carboxylic acids is 1. The van der Waals surface area contributed by atoms with Gasteiger partial charge in [-0.15, -0.1) is 0 Å². The van der Waals surface area contributed by atoms with Gasteiger partial charge >= 0.3 is 0 Å². The van der Waals surface area contributed by atoms with Crippen molar-refractivity contribution in [2.45, 2.75) is 6.54 Å². The molecular formula is C21H15N5O3. The quantitative estimate of drug-likeness (QED) is 0.561. The third-order valence-corrected chi connectivity index (χ3v) is 4.34. The molecule has 3 aromatic heterocycles. The Balaban J connectivity index is 1.88. The first-order valence-electron chi connectivity index (χ1n) is 8.71. The average molecular weight is 385 g/mol. The van der Waals surface area contributed by atoms with Crippen LogP contribution in [0.2, 0.25) is 0 Å². The summed E-state index contributed by atoms with van der Waals surface area (Å²) in [6.07, 6.45) is 4.56. The monoisotopic (exact) mass is 385 g/mol. The SMILES string of the molecule is COc1ccc2c(C(=O)NCc3ncco3)nc(C#N)c(-c3ccccn3)c2c1. The lowest BCUT2D eigenvalue weighted by Gasteiger charge is -2.13.